The van der Waals surface area contributed by atoms with Crippen LogP contribution in [0.25, 0.3) is 0 Å². The van der Waals surface area contributed by atoms with Crippen LogP contribution in [0.3, 0.4) is 0 Å². The van der Waals surface area contributed by atoms with Gasteiger partial charge in [-0.2, -0.15) is 0 Å². The Morgan fingerprint density at radius 3 is 2.44 bits per heavy atom. The summed E-state index contributed by atoms with van der Waals surface area (Å²) in [5.74, 6) is -0.133. The smallest absolute Gasteiger partial charge is 0.126 e. The zero-order valence-electron chi connectivity index (χ0n) is 11.7. The molecule has 0 aliphatic rings. The minimum atomic E-state index is -0.465. The summed E-state index contributed by atoms with van der Waals surface area (Å²) in [5, 5.41) is 0. The predicted octanol–water partition coefficient (Wildman–Crippen LogP) is 3.94. The number of carbonyl (C=O) groups excluding carboxylic acids is 1. The topological polar surface area (TPSA) is 26.3 Å². The molecular formula is C16H24O2. The molecule has 1 aromatic rings. The van der Waals surface area contributed by atoms with E-state index in [9.17, 15) is 4.79 Å². The summed E-state index contributed by atoms with van der Waals surface area (Å²) in [6.07, 6.45) is 4.07. The van der Waals surface area contributed by atoms with E-state index in [-0.39, 0.29) is 5.92 Å². The summed E-state index contributed by atoms with van der Waals surface area (Å²) >= 11 is 0. The van der Waals surface area contributed by atoms with Crippen molar-refractivity contribution in [1.82, 2.24) is 0 Å². The second kappa shape index (κ2) is 7.32. The molecule has 0 radical (unpaired) electrons. The van der Waals surface area contributed by atoms with E-state index in [1.807, 2.05) is 32.0 Å². The van der Waals surface area contributed by atoms with Crippen molar-refractivity contribution in [1.29, 1.82) is 0 Å². The number of carbonyl (C=O) groups is 1. The van der Waals surface area contributed by atoms with E-state index in [2.05, 4.69) is 19.1 Å². The Balaban J connectivity index is 3.14. The van der Waals surface area contributed by atoms with Crippen molar-refractivity contribution in [3.8, 4) is 0 Å². The molecule has 0 N–H and O–H groups in total. The molecule has 1 rings (SSSR count). The van der Waals surface area contributed by atoms with Crippen molar-refractivity contribution >= 4 is 6.29 Å². The minimum absolute atomic E-state index is 0.133. The van der Waals surface area contributed by atoms with Crippen LogP contribution in [-0.2, 0) is 15.1 Å². The van der Waals surface area contributed by atoms with E-state index in [1.54, 1.807) is 0 Å². The quantitative estimate of drug-likeness (QED) is 0.651. The number of rotatable bonds is 8. The lowest BCUT2D eigenvalue weighted by molar-refractivity contribution is -0.129. The molecule has 2 atom stereocenters. The average Bonchev–Trinajstić information content (AvgIpc) is 2.43. The third-order valence-corrected chi connectivity index (χ3v) is 3.51. The summed E-state index contributed by atoms with van der Waals surface area (Å²) < 4.78 is 6.04. The van der Waals surface area contributed by atoms with Crippen LogP contribution >= 0.6 is 0 Å². The summed E-state index contributed by atoms with van der Waals surface area (Å²) in [4.78, 5) is 11.3. The normalized spacial score (nSPS) is 15.9. The van der Waals surface area contributed by atoms with Gasteiger partial charge in [0.15, 0.2) is 0 Å². The fourth-order valence-corrected chi connectivity index (χ4v) is 2.45. The molecule has 2 heteroatoms. The monoisotopic (exact) mass is 248 g/mol. The molecule has 0 fully saturated rings. The highest BCUT2D eigenvalue weighted by Crippen LogP contribution is 2.37. The van der Waals surface area contributed by atoms with E-state index in [0.717, 1.165) is 31.1 Å². The van der Waals surface area contributed by atoms with Gasteiger partial charge >= 0.3 is 0 Å². The number of hydrogen-bond acceptors (Lipinski definition) is 2. The lowest BCUT2D eigenvalue weighted by atomic mass is 9.79. The van der Waals surface area contributed by atoms with Gasteiger partial charge in [0.25, 0.3) is 0 Å². The molecule has 0 saturated carbocycles. The number of hydrogen-bond donors (Lipinski definition) is 0. The lowest BCUT2D eigenvalue weighted by Crippen LogP contribution is -2.38. The Morgan fingerprint density at radius 1 is 1.28 bits per heavy atom. The van der Waals surface area contributed by atoms with Crippen molar-refractivity contribution in [3.63, 3.8) is 0 Å². The molecule has 0 spiro atoms. The van der Waals surface area contributed by atoms with Crippen LogP contribution in [0.15, 0.2) is 30.3 Å². The van der Waals surface area contributed by atoms with E-state index in [0.29, 0.717) is 6.61 Å². The zero-order chi connectivity index (χ0) is 13.4. The molecule has 0 amide bonds. The first-order valence-corrected chi connectivity index (χ1v) is 6.86. The largest absolute Gasteiger partial charge is 0.370 e. The molecule has 0 aromatic heterocycles. The van der Waals surface area contributed by atoms with Gasteiger partial charge in [-0.05, 0) is 18.9 Å². The number of benzene rings is 1. The Kier molecular flexibility index (Phi) is 6.06. The Morgan fingerprint density at radius 2 is 1.94 bits per heavy atom. The first-order chi connectivity index (χ1) is 8.71. The third-order valence-electron chi connectivity index (χ3n) is 3.51. The van der Waals surface area contributed by atoms with Crippen molar-refractivity contribution in [2.24, 2.45) is 5.92 Å². The van der Waals surface area contributed by atoms with Gasteiger partial charge in [0, 0.05) is 12.5 Å². The van der Waals surface area contributed by atoms with Gasteiger partial charge in [0.05, 0.1) is 0 Å². The van der Waals surface area contributed by atoms with Crippen molar-refractivity contribution in [3.05, 3.63) is 35.9 Å². The number of ether oxygens (including phenoxy) is 1. The van der Waals surface area contributed by atoms with Crippen molar-refractivity contribution in [2.45, 2.75) is 45.6 Å². The van der Waals surface area contributed by atoms with E-state index in [1.165, 1.54) is 0 Å². The SMILES string of the molecule is CCCCC(OCC)(c1ccccc1)C(C)C=O. The molecule has 0 aliphatic carbocycles. The fourth-order valence-electron chi connectivity index (χ4n) is 2.45. The molecule has 100 valence electrons. The van der Waals surface area contributed by atoms with Gasteiger partial charge < -0.3 is 9.53 Å². The molecule has 1 aromatic carbocycles. The van der Waals surface area contributed by atoms with Gasteiger partial charge in [0.2, 0.25) is 0 Å². The van der Waals surface area contributed by atoms with Crippen LogP contribution in [0.1, 0.15) is 45.6 Å². The first-order valence-electron chi connectivity index (χ1n) is 6.86. The zero-order valence-corrected chi connectivity index (χ0v) is 11.7. The summed E-state index contributed by atoms with van der Waals surface area (Å²) in [7, 11) is 0. The Labute approximate surface area is 110 Å². The minimum Gasteiger partial charge on any atom is -0.370 e. The molecular weight excluding hydrogens is 224 g/mol. The fraction of sp³-hybridized carbons (Fsp3) is 0.562. The highest BCUT2D eigenvalue weighted by Gasteiger charge is 2.38. The van der Waals surface area contributed by atoms with Gasteiger partial charge in [-0.25, -0.2) is 0 Å². The molecule has 0 aliphatic heterocycles. The summed E-state index contributed by atoms with van der Waals surface area (Å²) in [6, 6.07) is 10.1. The van der Waals surface area contributed by atoms with Crippen LogP contribution in [-0.4, -0.2) is 12.9 Å². The van der Waals surface area contributed by atoms with Crippen LogP contribution in [0.4, 0.5) is 0 Å². The second-order valence-corrected chi connectivity index (χ2v) is 4.72. The van der Waals surface area contributed by atoms with E-state index >= 15 is 0 Å². The Bertz CT molecular complexity index is 347. The molecule has 0 heterocycles. The van der Waals surface area contributed by atoms with Crippen LogP contribution in [0.5, 0.6) is 0 Å². The van der Waals surface area contributed by atoms with E-state index in [4.69, 9.17) is 4.74 Å². The van der Waals surface area contributed by atoms with Crippen molar-refractivity contribution < 1.29 is 9.53 Å². The number of unbranched alkanes of at least 4 members (excludes halogenated alkanes) is 1. The van der Waals surface area contributed by atoms with Crippen LogP contribution < -0.4 is 0 Å². The first kappa shape index (κ1) is 14.9. The predicted molar refractivity (Wildman–Crippen MR) is 74.5 cm³/mol. The Hall–Kier alpha value is -1.15. The molecule has 0 bridgehead atoms. The maximum atomic E-state index is 11.3. The van der Waals surface area contributed by atoms with E-state index < -0.39 is 5.60 Å². The average molecular weight is 248 g/mol. The van der Waals surface area contributed by atoms with Gasteiger partial charge in [-0.1, -0.05) is 57.0 Å². The highest BCUT2D eigenvalue weighted by atomic mass is 16.5. The highest BCUT2D eigenvalue weighted by molar-refractivity contribution is 5.56. The lowest BCUT2D eigenvalue weighted by Gasteiger charge is -2.37. The standard InChI is InChI=1S/C16H24O2/c1-4-6-12-16(18-5-2,14(3)13-17)15-10-8-7-9-11-15/h7-11,13-14H,4-6,12H2,1-3H3. The van der Waals surface area contributed by atoms with Crippen molar-refractivity contribution in [2.75, 3.05) is 6.61 Å². The molecule has 0 saturated heterocycles. The van der Waals surface area contributed by atoms with Gasteiger partial charge in [-0.3, -0.25) is 0 Å². The van der Waals surface area contributed by atoms with Crippen LogP contribution in [0, 0.1) is 5.92 Å². The third kappa shape index (κ3) is 3.20. The van der Waals surface area contributed by atoms with Gasteiger partial charge in [-0.15, -0.1) is 0 Å². The molecule has 2 nitrogen and oxygen atoms in total. The summed E-state index contributed by atoms with van der Waals surface area (Å²) in [6.45, 7) is 6.72. The number of aldehydes is 1. The maximum absolute atomic E-state index is 11.3. The molecule has 2 unspecified atom stereocenters. The van der Waals surface area contributed by atoms with Gasteiger partial charge in [0.1, 0.15) is 11.9 Å². The second-order valence-electron chi connectivity index (χ2n) is 4.72. The maximum Gasteiger partial charge on any atom is 0.126 e. The summed E-state index contributed by atoms with van der Waals surface area (Å²) in [5.41, 5.74) is 0.647. The molecule has 18 heavy (non-hydrogen) atoms. The van der Waals surface area contributed by atoms with Crippen LogP contribution in [0.2, 0.25) is 0 Å².